The van der Waals surface area contributed by atoms with Crippen molar-refractivity contribution in [2.75, 3.05) is 4.72 Å². The minimum Gasteiger partial charge on any atom is -0.279 e. The predicted molar refractivity (Wildman–Crippen MR) is 79.0 cm³/mol. The largest absolute Gasteiger partial charge is 0.279 e. The molecule has 2 rings (SSSR count). The van der Waals surface area contributed by atoms with Gasteiger partial charge in [0.1, 0.15) is 4.21 Å². The molecule has 90 valence electrons. The zero-order valence-electron chi connectivity index (χ0n) is 8.98. The SMILES string of the molecule is Cc1ccc(S(=O)(=O)Nc2ccc(I)cc2)s1. The quantitative estimate of drug-likeness (QED) is 0.831. The van der Waals surface area contributed by atoms with Crippen molar-refractivity contribution in [2.45, 2.75) is 11.1 Å². The van der Waals surface area contributed by atoms with Gasteiger partial charge in [-0.05, 0) is 65.9 Å². The Labute approximate surface area is 118 Å². The summed E-state index contributed by atoms with van der Waals surface area (Å²) in [5.74, 6) is 0. The lowest BCUT2D eigenvalue weighted by Gasteiger charge is -2.05. The molecule has 0 unspecified atom stereocenters. The van der Waals surface area contributed by atoms with Crippen LogP contribution < -0.4 is 4.72 Å². The molecule has 0 amide bonds. The van der Waals surface area contributed by atoms with Crippen LogP contribution >= 0.6 is 33.9 Å². The Balaban J connectivity index is 2.26. The molecule has 17 heavy (non-hydrogen) atoms. The Kier molecular flexibility index (Phi) is 3.74. The molecular formula is C11H10INO2S2. The number of benzene rings is 1. The van der Waals surface area contributed by atoms with Crippen molar-refractivity contribution >= 4 is 49.6 Å². The predicted octanol–water partition coefficient (Wildman–Crippen LogP) is 3.46. The van der Waals surface area contributed by atoms with Crippen LogP contribution in [0.5, 0.6) is 0 Å². The fourth-order valence-electron chi connectivity index (χ4n) is 1.28. The topological polar surface area (TPSA) is 46.2 Å². The summed E-state index contributed by atoms with van der Waals surface area (Å²) in [7, 11) is -3.44. The van der Waals surface area contributed by atoms with Crippen LogP contribution in [0.2, 0.25) is 0 Å². The van der Waals surface area contributed by atoms with E-state index in [-0.39, 0.29) is 0 Å². The minimum atomic E-state index is -3.44. The first-order chi connectivity index (χ1) is 7.97. The van der Waals surface area contributed by atoms with E-state index in [4.69, 9.17) is 0 Å². The van der Waals surface area contributed by atoms with Crippen molar-refractivity contribution < 1.29 is 8.42 Å². The van der Waals surface area contributed by atoms with Crippen molar-refractivity contribution in [3.8, 4) is 0 Å². The molecule has 0 radical (unpaired) electrons. The van der Waals surface area contributed by atoms with Crippen LogP contribution in [0, 0.1) is 10.5 Å². The summed E-state index contributed by atoms with van der Waals surface area (Å²) in [6.45, 7) is 1.88. The maximum Gasteiger partial charge on any atom is 0.271 e. The molecule has 0 bridgehead atoms. The van der Waals surface area contributed by atoms with Crippen molar-refractivity contribution in [1.82, 2.24) is 0 Å². The molecule has 1 heterocycles. The summed E-state index contributed by atoms with van der Waals surface area (Å²) in [4.78, 5) is 0.980. The monoisotopic (exact) mass is 379 g/mol. The fraction of sp³-hybridized carbons (Fsp3) is 0.0909. The average molecular weight is 379 g/mol. The van der Waals surface area contributed by atoms with E-state index in [0.29, 0.717) is 9.90 Å². The van der Waals surface area contributed by atoms with E-state index in [1.54, 1.807) is 24.3 Å². The number of hydrogen-bond donors (Lipinski definition) is 1. The van der Waals surface area contributed by atoms with E-state index in [1.807, 2.05) is 19.1 Å². The second kappa shape index (κ2) is 4.95. The summed E-state index contributed by atoms with van der Waals surface area (Å²) < 4.78 is 28.0. The molecule has 3 nitrogen and oxygen atoms in total. The number of aryl methyl sites for hydroxylation is 1. The number of halogens is 1. The lowest BCUT2D eigenvalue weighted by molar-refractivity contribution is 0.603. The first-order valence-electron chi connectivity index (χ1n) is 4.82. The summed E-state index contributed by atoms with van der Waals surface area (Å²) >= 11 is 3.44. The molecule has 1 aromatic carbocycles. The standard InChI is InChI=1S/C11H10INO2S2/c1-8-2-7-11(16-8)17(14,15)13-10-5-3-9(12)4-6-10/h2-7,13H,1H3. The van der Waals surface area contributed by atoms with Crippen molar-refractivity contribution in [3.05, 3.63) is 44.8 Å². The molecule has 0 saturated heterocycles. The molecule has 0 saturated carbocycles. The second-order valence-corrected chi connectivity index (χ2v) is 7.92. The van der Waals surface area contributed by atoms with Crippen LogP contribution in [-0.2, 0) is 10.0 Å². The van der Waals surface area contributed by atoms with Crippen molar-refractivity contribution in [2.24, 2.45) is 0 Å². The van der Waals surface area contributed by atoms with Gasteiger partial charge in [0.15, 0.2) is 0 Å². The van der Waals surface area contributed by atoms with Crippen LogP contribution in [0.4, 0.5) is 5.69 Å². The molecule has 0 aliphatic heterocycles. The van der Waals surface area contributed by atoms with Gasteiger partial charge in [-0.1, -0.05) is 0 Å². The first kappa shape index (κ1) is 12.8. The molecule has 0 fully saturated rings. The Hall–Kier alpha value is -0.600. The lowest BCUT2D eigenvalue weighted by atomic mass is 10.3. The van der Waals surface area contributed by atoms with E-state index < -0.39 is 10.0 Å². The van der Waals surface area contributed by atoms with Crippen molar-refractivity contribution in [1.29, 1.82) is 0 Å². The van der Waals surface area contributed by atoms with Gasteiger partial charge in [0.25, 0.3) is 10.0 Å². The molecule has 0 aliphatic rings. The Bertz CT molecular complexity index is 617. The number of rotatable bonds is 3. The van der Waals surface area contributed by atoms with Crippen LogP contribution in [0.25, 0.3) is 0 Å². The fourth-order valence-corrected chi connectivity index (χ4v) is 3.98. The molecule has 1 aromatic heterocycles. The van der Waals surface area contributed by atoms with Crippen LogP contribution in [0.15, 0.2) is 40.6 Å². The third kappa shape index (κ3) is 3.20. The number of thiophene rings is 1. The van der Waals surface area contributed by atoms with E-state index >= 15 is 0 Å². The van der Waals surface area contributed by atoms with Crippen molar-refractivity contribution in [3.63, 3.8) is 0 Å². The molecule has 0 aliphatic carbocycles. The number of hydrogen-bond acceptors (Lipinski definition) is 3. The summed E-state index contributed by atoms with van der Waals surface area (Å²) in [5, 5.41) is 0. The molecule has 2 aromatic rings. The van der Waals surface area contributed by atoms with Gasteiger partial charge in [-0.15, -0.1) is 11.3 Å². The second-order valence-electron chi connectivity index (χ2n) is 3.48. The van der Waals surface area contributed by atoms with Crippen LogP contribution in [-0.4, -0.2) is 8.42 Å². The highest BCUT2D eigenvalue weighted by Crippen LogP contribution is 2.23. The van der Waals surface area contributed by atoms with Gasteiger partial charge in [-0.25, -0.2) is 8.42 Å². The Morgan fingerprint density at radius 3 is 2.29 bits per heavy atom. The highest BCUT2D eigenvalue weighted by molar-refractivity contribution is 14.1. The molecule has 1 N–H and O–H groups in total. The maximum atomic E-state index is 12.0. The van der Waals surface area contributed by atoms with Gasteiger partial charge in [0.2, 0.25) is 0 Å². The van der Waals surface area contributed by atoms with Gasteiger partial charge in [0.05, 0.1) is 0 Å². The Morgan fingerprint density at radius 2 is 1.76 bits per heavy atom. The van der Waals surface area contributed by atoms with E-state index in [9.17, 15) is 8.42 Å². The molecule has 0 atom stereocenters. The van der Waals surface area contributed by atoms with Crippen LogP contribution in [0.3, 0.4) is 0 Å². The van der Waals surface area contributed by atoms with Gasteiger partial charge in [-0.3, -0.25) is 4.72 Å². The number of anilines is 1. The minimum absolute atomic E-state index is 0.341. The number of sulfonamides is 1. The third-order valence-corrected chi connectivity index (χ3v) is 5.67. The molecule has 6 heteroatoms. The summed E-state index contributed by atoms with van der Waals surface area (Å²) in [6, 6.07) is 10.6. The molecular weight excluding hydrogens is 369 g/mol. The lowest BCUT2D eigenvalue weighted by Crippen LogP contribution is -2.11. The van der Waals surface area contributed by atoms with Gasteiger partial charge in [-0.2, -0.15) is 0 Å². The highest BCUT2D eigenvalue weighted by atomic mass is 127. The normalized spacial score (nSPS) is 11.4. The first-order valence-corrected chi connectivity index (χ1v) is 8.20. The maximum absolute atomic E-state index is 12.0. The zero-order valence-corrected chi connectivity index (χ0v) is 12.8. The van der Waals surface area contributed by atoms with Gasteiger partial charge < -0.3 is 0 Å². The average Bonchev–Trinajstić information content (AvgIpc) is 2.69. The Morgan fingerprint density at radius 1 is 1.12 bits per heavy atom. The van der Waals surface area contributed by atoms with Gasteiger partial charge >= 0.3 is 0 Å². The molecule has 0 spiro atoms. The van der Waals surface area contributed by atoms with Crippen LogP contribution in [0.1, 0.15) is 4.88 Å². The zero-order chi connectivity index (χ0) is 12.5. The highest BCUT2D eigenvalue weighted by Gasteiger charge is 2.15. The van der Waals surface area contributed by atoms with E-state index in [2.05, 4.69) is 27.3 Å². The summed E-state index contributed by atoms with van der Waals surface area (Å²) in [6.07, 6.45) is 0. The third-order valence-electron chi connectivity index (χ3n) is 2.08. The smallest absolute Gasteiger partial charge is 0.271 e. The van der Waals surface area contributed by atoms with Gasteiger partial charge in [0, 0.05) is 14.1 Å². The summed E-state index contributed by atoms with van der Waals surface area (Å²) in [5.41, 5.74) is 0.580. The number of nitrogens with one attached hydrogen (secondary N) is 1. The van der Waals surface area contributed by atoms with E-state index in [1.165, 1.54) is 11.3 Å². The van der Waals surface area contributed by atoms with E-state index in [0.717, 1.165) is 8.45 Å².